The number of benzene rings is 2. The lowest BCUT2D eigenvalue weighted by atomic mass is 10.0. The van der Waals surface area contributed by atoms with E-state index < -0.39 is 0 Å². The second-order valence-electron chi connectivity index (χ2n) is 7.43. The van der Waals surface area contributed by atoms with Gasteiger partial charge in [-0.15, -0.1) is 23.7 Å². The Labute approximate surface area is 188 Å². The van der Waals surface area contributed by atoms with Crippen molar-refractivity contribution in [3.05, 3.63) is 77.2 Å². The zero-order chi connectivity index (χ0) is 19.9. The standard InChI is InChI=1S/C25H26N2OS.ClH/c28-19-22(24-20-29-25-11-5-4-10-23(24)25)12-14-27-17-15-26(16-18-27)13-6-9-21-7-2-1-3-8-21;/h1-11,20H,12-18H2;1H. The van der Waals surface area contributed by atoms with Crippen molar-refractivity contribution < 1.29 is 4.79 Å². The number of hydrogen-bond acceptors (Lipinski definition) is 4. The molecule has 3 aromatic rings. The molecule has 5 heteroatoms. The summed E-state index contributed by atoms with van der Waals surface area (Å²) in [4.78, 5) is 16.6. The Kier molecular flexibility index (Phi) is 8.44. The van der Waals surface area contributed by atoms with Crippen LogP contribution in [0.15, 0.2) is 66.1 Å². The molecule has 1 fully saturated rings. The Hall–Kier alpha value is -2.20. The van der Waals surface area contributed by atoms with E-state index in [1.807, 2.05) is 18.2 Å². The fraction of sp³-hybridized carbons (Fsp3) is 0.280. The minimum Gasteiger partial charge on any atom is -0.300 e. The molecule has 0 atom stereocenters. The zero-order valence-corrected chi connectivity index (χ0v) is 18.6. The van der Waals surface area contributed by atoms with Gasteiger partial charge in [0.2, 0.25) is 0 Å². The molecule has 2 heterocycles. The number of thiophene rings is 1. The number of nitrogens with zero attached hydrogens (tertiary/aromatic N) is 2. The Morgan fingerprint density at radius 3 is 2.43 bits per heavy atom. The summed E-state index contributed by atoms with van der Waals surface area (Å²) in [6, 6.07) is 18.7. The van der Waals surface area contributed by atoms with E-state index in [4.69, 9.17) is 0 Å². The van der Waals surface area contributed by atoms with E-state index in [1.165, 1.54) is 15.6 Å². The van der Waals surface area contributed by atoms with Gasteiger partial charge in [0, 0.05) is 65.9 Å². The number of hydrogen-bond donors (Lipinski definition) is 0. The molecule has 30 heavy (non-hydrogen) atoms. The van der Waals surface area contributed by atoms with Gasteiger partial charge >= 0.3 is 0 Å². The first-order valence-electron chi connectivity index (χ1n) is 10.2. The smallest absolute Gasteiger partial charge is 0.128 e. The Bertz CT molecular complexity index is 1020. The van der Waals surface area contributed by atoms with Crippen LogP contribution in [-0.2, 0) is 4.79 Å². The molecule has 3 nitrogen and oxygen atoms in total. The number of fused-ring (bicyclic) bond motifs is 1. The summed E-state index contributed by atoms with van der Waals surface area (Å²) < 4.78 is 1.23. The molecular weight excluding hydrogens is 412 g/mol. The summed E-state index contributed by atoms with van der Waals surface area (Å²) in [5.41, 5.74) is 3.11. The van der Waals surface area contributed by atoms with E-state index in [1.54, 1.807) is 11.3 Å². The number of rotatable bonds is 7. The largest absolute Gasteiger partial charge is 0.300 e. The second kappa shape index (κ2) is 11.3. The van der Waals surface area contributed by atoms with Gasteiger partial charge in [-0.1, -0.05) is 60.7 Å². The first kappa shape index (κ1) is 22.5. The molecule has 0 saturated carbocycles. The van der Waals surface area contributed by atoms with E-state index in [9.17, 15) is 4.79 Å². The molecule has 1 saturated heterocycles. The SMILES string of the molecule is Cl.O=C=C(CCN1CCN(CC=Cc2ccccc2)CC1)c1csc2ccccc12. The van der Waals surface area contributed by atoms with Crippen LogP contribution < -0.4 is 0 Å². The third kappa shape index (κ3) is 5.69. The van der Waals surface area contributed by atoms with Crippen LogP contribution in [0, 0.1) is 0 Å². The second-order valence-corrected chi connectivity index (χ2v) is 8.34. The predicted octanol–water partition coefficient (Wildman–Crippen LogP) is 5.26. The highest BCUT2D eigenvalue weighted by Gasteiger charge is 2.17. The van der Waals surface area contributed by atoms with Crippen molar-refractivity contribution in [2.45, 2.75) is 6.42 Å². The molecule has 0 amide bonds. The van der Waals surface area contributed by atoms with Crippen molar-refractivity contribution in [3.63, 3.8) is 0 Å². The summed E-state index contributed by atoms with van der Waals surface area (Å²) in [5, 5.41) is 3.27. The summed E-state index contributed by atoms with van der Waals surface area (Å²) in [7, 11) is 0. The molecule has 1 aliphatic heterocycles. The lowest BCUT2D eigenvalue weighted by Gasteiger charge is -2.34. The molecule has 2 aromatic carbocycles. The van der Waals surface area contributed by atoms with Crippen molar-refractivity contribution in [1.82, 2.24) is 9.80 Å². The lowest BCUT2D eigenvalue weighted by molar-refractivity contribution is 0.145. The Morgan fingerprint density at radius 1 is 0.967 bits per heavy atom. The maximum atomic E-state index is 11.6. The Morgan fingerprint density at radius 2 is 1.67 bits per heavy atom. The molecular formula is C25H27ClN2OS. The van der Waals surface area contributed by atoms with Crippen LogP contribution in [0.2, 0.25) is 0 Å². The average molecular weight is 439 g/mol. The number of carbonyl (C=O) groups excluding carboxylic acids is 1. The Balaban J connectivity index is 0.00000256. The van der Waals surface area contributed by atoms with Gasteiger partial charge < -0.3 is 4.90 Å². The van der Waals surface area contributed by atoms with E-state index in [0.29, 0.717) is 0 Å². The van der Waals surface area contributed by atoms with Crippen molar-refractivity contribution in [2.24, 2.45) is 0 Å². The van der Waals surface area contributed by atoms with Gasteiger partial charge in [-0.05, 0) is 18.1 Å². The number of halogens is 1. The van der Waals surface area contributed by atoms with Gasteiger partial charge in [-0.2, -0.15) is 0 Å². The van der Waals surface area contributed by atoms with Gasteiger partial charge in [0.25, 0.3) is 0 Å². The quantitative estimate of drug-likeness (QED) is 0.470. The van der Waals surface area contributed by atoms with Crippen molar-refractivity contribution in [1.29, 1.82) is 0 Å². The van der Waals surface area contributed by atoms with Crippen LogP contribution in [0.4, 0.5) is 0 Å². The molecule has 0 aliphatic carbocycles. The topological polar surface area (TPSA) is 23.6 Å². The minimum absolute atomic E-state index is 0. The summed E-state index contributed by atoms with van der Waals surface area (Å²) in [5.74, 6) is 2.22. The first-order chi connectivity index (χ1) is 14.3. The lowest BCUT2D eigenvalue weighted by Crippen LogP contribution is -2.46. The summed E-state index contributed by atoms with van der Waals surface area (Å²) in [6.07, 6.45) is 5.21. The van der Waals surface area contributed by atoms with Crippen molar-refractivity contribution >= 4 is 51.4 Å². The van der Waals surface area contributed by atoms with Crippen LogP contribution in [0.1, 0.15) is 17.5 Å². The van der Waals surface area contributed by atoms with Gasteiger partial charge in [0.1, 0.15) is 5.94 Å². The van der Waals surface area contributed by atoms with Crippen LogP contribution in [0.5, 0.6) is 0 Å². The van der Waals surface area contributed by atoms with Gasteiger partial charge in [-0.3, -0.25) is 4.90 Å². The first-order valence-corrected chi connectivity index (χ1v) is 11.1. The fourth-order valence-electron chi connectivity index (χ4n) is 3.82. The molecule has 0 radical (unpaired) electrons. The third-order valence-corrected chi connectivity index (χ3v) is 6.51. The van der Waals surface area contributed by atoms with E-state index in [0.717, 1.165) is 56.8 Å². The van der Waals surface area contributed by atoms with Crippen LogP contribution in [0.25, 0.3) is 21.7 Å². The molecule has 156 valence electrons. The monoisotopic (exact) mass is 438 g/mol. The van der Waals surface area contributed by atoms with Crippen molar-refractivity contribution in [3.8, 4) is 0 Å². The summed E-state index contributed by atoms with van der Waals surface area (Å²) >= 11 is 1.70. The highest BCUT2D eigenvalue weighted by Crippen LogP contribution is 2.31. The molecule has 4 rings (SSSR count). The molecule has 0 unspecified atom stereocenters. The summed E-state index contributed by atoms with van der Waals surface area (Å²) in [6.45, 7) is 6.15. The van der Waals surface area contributed by atoms with E-state index in [-0.39, 0.29) is 12.4 Å². The van der Waals surface area contributed by atoms with Crippen molar-refractivity contribution in [2.75, 3.05) is 39.3 Å². The van der Waals surface area contributed by atoms with Gasteiger partial charge in [0.05, 0.1) is 0 Å². The maximum Gasteiger partial charge on any atom is 0.128 e. The molecule has 0 spiro atoms. The number of piperazine rings is 1. The van der Waals surface area contributed by atoms with E-state index >= 15 is 0 Å². The minimum atomic E-state index is 0. The highest BCUT2D eigenvalue weighted by atomic mass is 35.5. The van der Waals surface area contributed by atoms with Crippen LogP contribution >= 0.6 is 23.7 Å². The maximum absolute atomic E-state index is 11.6. The molecule has 0 bridgehead atoms. The van der Waals surface area contributed by atoms with E-state index in [2.05, 4.69) is 69.7 Å². The third-order valence-electron chi connectivity index (χ3n) is 5.55. The molecule has 0 N–H and O–H groups in total. The van der Waals surface area contributed by atoms with Crippen LogP contribution in [-0.4, -0.2) is 55.0 Å². The predicted molar refractivity (Wildman–Crippen MR) is 131 cm³/mol. The highest BCUT2D eigenvalue weighted by molar-refractivity contribution is 7.17. The zero-order valence-electron chi connectivity index (χ0n) is 17.0. The van der Waals surface area contributed by atoms with Gasteiger partial charge in [0.15, 0.2) is 0 Å². The normalized spacial score (nSPS) is 15.2. The van der Waals surface area contributed by atoms with Crippen LogP contribution in [0.3, 0.4) is 0 Å². The fourth-order valence-corrected chi connectivity index (χ4v) is 4.80. The van der Waals surface area contributed by atoms with Gasteiger partial charge in [-0.25, -0.2) is 4.79 Å². The average Bonchev–Trinajstić information content (AvgIpc) is 3.20. The molecule has 1 aromatic heterocycles. The molecule has 1 aliphatic rings.